The van der Waals surface area contributed by atoms with E-state index in [1.807, 2.05) is 91.0 Å². The van der Waals surface area contributed by atoms with E-state index in [4.69, 9.17) is 4.42 Å². The smallest absolute Gasteiger partial charge is 0.228 e. The second kappa shape index (κ2) is 6.96. The number of rotatable bonds is 3. The van der Waals surface area contributed by atoms with Crippen molar-refractivity contribution in [2.75, 3.05) is 0 Å². The predicted octanol–water partition coefficient (Wildman–Crippen LogP) is 7.64. The number of hydrogen-bond donors (Lipinski definition) is 0. The number of furan rings is 1. The molecular formula is C29H18O2. The first kappa shape index (κ1) is 17.7. The highest BCUT2D eigenvalue weighted by Crippen LogP contribution is 2.39. The lowest BCUT2D eigenvalue weighted by Crippen LogP contribution is -2.01. The summed E-state index contributed by atoms with van der Waals surface area (Å²) >= 11 is 0. The Hall–Kier alpha value is -4.17. The summed E-state index contributed by atoms with van der Waals surface area (Å²) in [5.74, 6) is 0.276. The van der Waals surface area contributed by atoms with Crippen molar-refractivity contribution in [3.05, 3.63) is 121 Å². The van der Waals surface area contributed by atoms with Crippen LogP contribution in [0.2, 0.25) is 0 Å². The van der Waals surface area contributed by atoms with E-state index in [1.165, 1.54) is 0 Å². The van der Waals surface area contributed by atoms with E-state index in [-0.39, 0.29) is 5.78 Å². The number of carbonyl (C=O) groups is 1. The van der Waals surface area contributed by atoms with E-state index in [1.54, 1.807) is 0 Å². The molecule has 5 aromatic carbocycles. The Balaban J connectivity index is 1.64. The summed E-state index contributed by atoms with van der Waals surface area (Å²) in [4.78, 5) is 13.7. The molecule has 0 amide bonds. The molecule has 2 nitrogen and oxygen atoms in total. The lowest BCUT2D eigenvalue weighted by Gasteiger charge is -2.05. The van der Waals surface area contributed by atoms with Gasteiger partial charge in [-0.1, -0.05) is 97.1 Å². The highest BCUT2D eigenvalue weighted by atomic mass is 16.3. The summed E-state index contributed by atoms with van der Waals surface area (Å²) < 4.78 is 6.35. The Bertz CT molecular complexity index is 1590. The number of hydrogen-bond acceptors (Lipinski definition) is 2. The third-order valence-corrected chi connectivity index (χ3v) is 5.86. The van der Waals surface area contributed by atoms with Crippen LogP contribution in [0.15, 0.2) is 114 Å². The fourth-order valence-corrected chi connectivity index (χ4v) is 4.34. The van der Waals surface area contributed by atoms with Gasteiger partial charge in [0.1, 0.15) is 5.58 Å². The molecule has 0 saturated carbocycles. The summed E-state index contributed by atoms with van der Waals surface area (Å²) in [6.07, 6.45) is 0. The summed E-state index contributed by atoms with van der Waals surface area (Å²) in [5, 5.41) is 5.20. The van der Waals surface area contributed by atoms with Crippen molar-refractivity contribution in [3.63, 3.8) is 0 Å². The van der Waals surface area contributed by atoms with Crippen molar-refractivity contribution in [2.24, 2.45) is 0 Å². The van der Waals surface area contributed by atoms with Gasteiger partial charge in [-0.05, 0) is 33.9 Å². The summed E-state index contributed by atoms with van der Waals surface area (Å²) in [6, 6.07) is 36.1. The second-order valence-corrected chi connectivity index (χ2v) is 7.73. The highest BCUT2D eigenvalue weighted by molar-refractivity contribution is 6.19. The van der Waals surface area contributed by atoms with Gasteiger partial charge in [-0.15, -0.1) is 0 Å². The fourth-order valence-electron chi connectivity index (χ4n) is 4.34. The standard InChI is InChI=1S/C29H18O2/c30-27(23-15-14-19-8-4-5-12-22(19)18-23)29-26(21-10-2-1-3-11-21)25-17-16-20-9-6-7-13-24(20)28(25)31-29/h1-18H. The Kier molecular flexibility index (Phi) is 3.97. The number of benzene rings is 5. The van der Waals surface area contributed by atoms with Crippen LogP contribution in [0.5, 0.6) is 0 Å². The van der Waals surface area contributed by atoms with Crippen LogP contribution in [-0.4, -0.2) is 5.78 Å². The Labute approximate surface area is 179 Å². The quantitative estimate of drug-likeness (QED) is 0.287. The van der Waals surface area contributed by atoms with Gasteiger partial charge in [0.15, 0.2) is 5.76 Å². The maximum atomic E-state index is 13.7. The zero-order valence-corrected chi connectivity index (χ0v) is 16.7. The molecule has 0 radical (unpaired) electrons. The lowest BCUT2D eigenvalue weighted by molar-refractivity contribution is 0.101. The first-order valence-electron chi connectivity index (χ1n) is 10.3. The molecule has 0 spiro atoms. The minimum Gasteiger partial charge on any atom is -0.451 e. The molecule has 0 aliphatic carbocycles. The van der Waals surface area contributed by atoms with E-state index in [0.717, 1.165) is 43.6 Å². The van der Waals surface area contributed by atoms with E-state index in [9.17, 15) is 4.79 Å². The van der Waals surface area contributed by atoms with Gasteiger partial charge in [0.2, 0.25) is 5.78 Å². The zero-order chi connectivity index (χ0) is 20.8. The normalized spacial score (nSPS) is 11.4. The van der Waals surface area contributed by atoms with Crippen molar-refractivity contribution in [1.82, 2.24) is 0 Å². The van der Waals surface area contributed by atoms with Gasteiger partial charge in [-0.3, -0.25) is 4.79 Å². The predicted molar refractivity (Wildman–Crippen MR) is 127 cm³/mol. The fraction of sp³-hybridized carbons (Fsp3) is 0. The molecule has 0 aliphatic heterocycles. The first-order chi connectivity index (χ1) is 15.3. The minimum absolute atomic E-state index is 0.107. The molecule has 6 rings (SSSR count). The molecule has 0 fully saturated rings. The van der Waals surface area contributed by atoms with Crippen molar-refractivity contribution < 1.29 is 9.21 Å². The van der Waals surface area contributed by atoms with Crippen LogP contribution in [0.3, 0.4) is 0 Å². The Morgan fingerprint density at radius 1 is 0.581 bits per heavy atom. The Morgan fingerprint density at radius 2 is 1.26 bits per heavy atom. The molecule has 0 saturated heterocycles. The van der Waals surface area contributed by atoms with Gasteiger partial charge in [0.05, 0.1) is 0 Å². The van der Waals surface area contributed by atoms with Crippen LogP contribution in [0.1, 0.15) is 16.1 Å². The van der Waals surface area contributed by atoms with Crippen LogP contribution < -0.4 is 0 Å². The van der Waals surface area contributed by atoms with Gasteiger partial charge < -0.3 is 4.42 Å². The van der Waals surface area contributed by atoms with E-state index in [2.05, 4.69) is 18.2 Å². The van der Waals surface area contributed by atoms with Gasteiger partial charge in [-0.2, -0.15) is 0 Å². The number of carbonyl (C=O) groups excluding carboxylic acids is 1. The van der Waals surface area contributed by atoms with Crippen LogP contribution in [0.4, 0.5) is 0 Å². The summed E-state index contributed by atoms with van der Waals surface area (Å²) in [7, 11) is 0. The average Bonchev–Trinajstić information content (AvgIpc) is 3.24. The van der Waals surface area contributed by atoms with Crippen LogP contribution in [0.25, 0.3) is 43.6 Å². The molecule has 0 atom stereocenters. The molecule has 2 heteroatoms. The molecule has 6 aromatic rings. The lowest BCUT2D eigenvalue weighted by atomic mass is 9.96. The molecule has 0 unspecified atom stereocenters. The molecular weight excluding hydrogens is 380 g/mol. The Morgan fingerprint density at radius 3 is 2.10 bits per heavy atom. The molecule has 1 aromatic heterocycles. The number of fused-ring (bicyclic) bond motifs is 4. The molecule has 0 bridgehead atoms. The average molecular weight is 398 g/mol. The maximum Gasteiger partial charge on any atom is 0.228 e. The monoisotopic (exact) mass is 398 g/mol. The molecule has 0 aliphatic rings. The number of ketones is 1. The zero-order valence-electron chi connectivity index (χ0n) is 16.7. The van der Waals surface area contributed by atoms with Crippen LogP contribution in [-0.2, 0) is 0 Å². The van der Waals surface area contributed by atoms with Gasteiger partial charge in [-0.25, -0.2) is 0 Å². The molecule has 146 valence electrons. The third-order valence-electron chi connectivity index (χ3n) is 5.86. The topological polar surface area (TPSA) is 30.2 Å². The highest BCUT2D eigenvalue weighted by Gasteiger charge is 2.24. The van der Waals surface area contributed by atoms with E-state index < -0.39 is 0 Å². The van der Waals surface area contributed by atoms with Crippen molar-refractivity contribution in [1.29, 1.82) is 0 Å². The van der Waals surface area contributed by atoms with Gasteiger partial charge in [0.25, 0.3) is 0 Å². The summed E-state index contributed by atoms with van der Waals surface area (Å²) in [6.45, 7) is 0. The maximum absolute atomic E-state index is 13.7. The first-order valence-corrected chi connectivity index (χ1v) is 10.3. The largest absolute Gasteiger partial charge is 0.451 e. The van der Waals surface area contributed by atoms with E-state index >= 15 is 0 Å². The van der Waals surface area contributed by atoms with Crippen molar-refractivity contribution >= 4 is 38.3 Å². The van der Waals surface area contributed by atoms with Gasteiger partial charge in [0, 0.05) is 21.9 Å². The van der Waals surface area contributed by atoms with E-state index in [0.29, 0.717) is 11.3 Å². The second-order valence-electron chi connectivity index (χ2n) is 7.73. The van der Waals surface area contributed by atoms with Crippen LogP contribution in [0, 0.1) is 0 Å². The molecule has 0 N–H and O–H groups in total. The minimum atomic E-state index is -0.107. The SMILES string of the molecule is O=C(c1ccc2ccccc2c1)c1oc2c(ccc3ccccc32)c1-c1ccccc1. The molecule has 31 heavy (non-hydrogen) atoms. The van der Waals surface area contributed by atoms with Crippen LogP contribution >= 0.6 is 0 Å². The van der Waals surface area contributed by atoms with Crippen molar-refractivity contribution in [2.45, 2.75) is 0 Å². The van der Waals surface area contributed by atoms with Crippen molar-refractivity contribution in [3.8, 4) is 11.1 Å². The summed E-state index contributed by atoms with van der Waals surface area (Å²) in [5.41, 5.74) is 3.19. The molecule has 1 heterocycles. The third kappa shape index (κ3) is 2.84. The van der Waals surface area contributed by atoms with Gasteiger partial charge >= 0.3 is 0 Å².